The fourth-order valence-corrected chi connectivity index (χ4v) is 2.72. The Kier molecular flexibility index (Phi) is 3.73. The van der Waals surface area contributed by atoms with E-state index >= 15 is 0 Å². The molecule has 1 unspecified atom stereocenters. The number of amides is 1. The summed E-state index contributed by atoms with van der Waals surface area (Å²) in [5.41, 5.74) is 0.337. The molecule has 7 heteroatoms. The zero-order chi connectivity index (χ0) is 13.1. The maximum atomic E-state index is 11.8. The molecule has 2 N–H and O–H groups in total. The van der Waals surface area contributed by atoms with Crippen LogP contribution in [-0.2, 0) is 10.8 Å². The minimum absolute atomic E-state index is 0.0251. The molecule has 1 atom stereocenters. The Balaban J connectivity index is 2.13. The maximum Gasteiger partial charge on any atom is 0.257 e. The molecule has 1 aromatic heterocycles. The van der Waals surface area contributed by atoms with Crippen LogP contribution < -0.4 is 5.32 Å². The molecule has 5 nitrogen and oxygen atoms in total. The molecule has 0 aliphatic carbocycles. The van der Waals surface area contributed by atoms with Crippen molar-refractivity contribution >= 4 is 33.2 Å². The van der Waals surface area contributed by atoms with Crippen LogP contribution in [0.3, 0.4) is 0 Å². The summed E-state index contributed by atoms with van der Waals surface area (Å²) < 4.78 is 11.8. The molecule has 2 aromatic rings. The topological polar surface area (TPSA) is 79.3 Å². The summed E-state index contributed by atoms with van der Waals surface area (Å²) >= 11 is 1.16. The van der Waals surface area contributed by atoms with Crippen molar-refractivity contribution in [2.75, 3.05) is 11.6 Å². The molecule has 1 amide bonds. The van der Waals surface area contributed by atoms with Crippen molar-refractivity contribution in [2.45, 2.75) is 4.21 Å². The van der Waals surface area contributed by atoms with Crippen molar-refractivity contribution in [3.63, 3.8) is 0 Å². The third kappa shape index (κ3) is 2.93. The van der Waals surface area contributed by atoms with Crippen LogP contribution in [0.1, 0.15) is 10.4 Å². The van der Waals surface area contributed by atoms with Crippen molar-refractivity contribution in [1.82, 2.24) is 4.98 Å². The molecule has 1 heterocycles. The van der Waals surface area contributed by atoms with E-state index in [1.165, 1.54) is 18.3 Å². The number of carbonyl (C=O) groups is 1. The van der Waals surface area contributed by atoms with Gasteiger partial charge < -0.3 is 5.11 Å². The predicted octanol–water partition coefficient (Wildman–Crippen LogP) is 1.84. The maximum absolute atomic E-state index is 11.8. The summed E-state index contributed by atoms with van der Waals surface area (Å²) in [6.45, 7) is 0. The Hall–Kier alpha value is -1.73. The van der Waals surface area contributed by atoms with Crippen LogP contribution in [0.25, 0.3) is 0 Å². The van der Waals surface area contributed by atoms with Gasteiger partial charge in [0.2, 0.25) is 0 Å². The highest BCUT2D eigenvalue weighted by Crippen LogP contribution is 2.21. The van der Waals surface area contributed by atoms with E-state index in [0.717, 1.165) is 11.3 Å². The highest BCUT2D eigenvalue weighted by molar-refractivity contribution is 7.86. The first-order chi connectivity index (χ1) is 8.56. The van der Waals surface area contributed by atoms with Crippen molar-refractivity contribution in [1.29, 1.82) is 0 Å². The third-order valence-corrected chi connectivity index (χ3v) is 4.43. The number of phenolic OH excluding ortho intramolecular Hbond substituents is 1. The Morgan fingerprint density at radius 2 is 2.28 bits per heavy atom. The molecule has 0 saturated carbocycles. The van der Waals surface area contributed by atoms with Gasteiger partial charge in [-0.3, -0.25) is 14.3 Å². The molecule has 0 saturated heterocycles. The number of carbonyl (C=O) groups excluding carboxylic acids is 1. The number of hydrogen-bond acceptors (Lipinski definition) is 5. The molecule has 94 valence electrons. The van der Waals surface area contributed by atoms with Crippen molar-refractivity contribution in [3.05, 3.63) is 36.0 Å². The molecule has 0 radical (unpaired) electrons. The Labute approximate surface area is 110 Å². The number of aromatic hydroxyl groups is 1. The Morgan fingerprint density at radius 1 is 1.50 bits per heavy atom. The van der Waals surface area contributed by atoms with Crippen molar-refractivity contribution < 1.29 is 14.1 Å². The van der Waals surface area contributed by atoms with Crippen LogP contribution in [0.4, 0.5) is 5.13 Å². The summed E-state index contributed by atoms with van der Waals surface area (Å²) in [4.78, 5) is 15.8. The number of rotatable bonds is 3. The number of benzene rings is 1. The van der Waals surface area contributed by atoms with Crippen LogP contribution in [0.5, 0.6) is 5.75 Å². The van der Waals surface area contributed by atoms with E-state index in [1.807, 2.05) is 0 Å². The molecule has 0 fully saturated rings. The lowest BCUT2D eigenvalue weighted by Gasteiger charge is -2.01. The Morgan fingerprint density at radius 3 is 2.89 bits per heavy atom. The van der Waals surface area contributed by atoms with Gasteiger partial charge in [-0.2, -0.15) is 0 Å². The molecule has 0 bridgehead atoms. The first-order valence-corrected chi connectivity index (χ1v) is 7.33. The summed E-state index contributed by atoms with van der Waals surface area (Å²) in [6, 6.07) is 6.01. The van der Waals surface area contributed by atoms with Gasteiger partial charge in [0.15, 0.2) is 5.13 Å². The van der Waals surface area contributed by atoms with Crippen LogP contribution in [0.2, 0.25) is 0 Å². The fraction of sp³-hybridized carbons (Fsp3) is 0.0909. The normalized spacial score (nSPS) is 12.1. The second-order valence-corrected chi connectivity index (χ2v) is 6.08. The van der Waals surface area contributed by atoms with Crippen LogP contribution in [0.15, 0.2) is 34.7 Å². The van der Waals surface area contributed by atoms with Gasteiger partial charge in [-0.05, 0) is 18.2 Å². The average Bonchev–Trinajstić information content (AvgIpc) is 2.77. The van der Waals surface area contributed by atoms with Gasteiger partial charge >= 0.3 is 0 Å². The van der Waals surface area contributed by atoms with E-state index in [0.29, 0.717) is 14.9 Å². The largest absolute Gasteiger partial charge is 0.508 e. The standard InChI is InChI=1S/C11H10N2O3S2/c1-18(16)9-6-12-11(17-9)13-10(15)7-3-2-4-8(14)5-7/h2-6,14H,1H3,(H,12,13,15). The SMILES string of the molecule is CS(=O)c1cnc(NC(=O)c2cccc(O)c2)s1. The molecule has 0 aliphatic heterocycles. The van der Waals surface area contributed by atoms with Crippen molar-refractivity contribution in [3.8, 4) is 5.75 Å². The highest BCUT2D eigenvalue weighted by Gasteiger charge is 2.10. The van der Waals surface area contributed by atoms with E-state index in [-0.39, 0.29) is 11.7 Å². The van der Waals surface area contributed by atoms with E-state index < -0.39 is 10.8 Å². The van der Waals surface area contributed by atoms with E-state index in [1.54, 1.807) is 18.4 Å². The zero-order valence-corrected chi connectivity index (χ0v) is 11.0. The van der Waals surface area contributed by atoms with Gasteiger partial charge in [-0.25, -0.2) is 4.98 Å². The first kappa shape index (κ1) is 12.7. The lowest BCUT2D eigenvalue weighted by molar-refractivity contribution is 0.102. The average molecular weight is 282 g/mol. The first-order valence-electron chi connectivity index (χ1n) is 4.96. The zero-order valence-electron chi connectivity index (χ0n) is 9.41. The quantitative estimate of drug-likeness (QED) is 0.900. The van der Waals surface area contributed by atoms with Gasteiger partial charge in [-0.15, -0.1) is 0 Å². The molecule has 2 rings (SSSR count). The van der Waals surface area contributed by atoms with E-state index in [4.69, 9.17) is 0 Å². The predicted molar refractivity (Wildman–Crippen MR) is 70.5 cm³/mol. The Bertz CT molecular complexity index is 610. The summed E-state index contributed by atoms with van der Waals surface area (Å²) in [5, 5.41) is 12.2. The van der Waals surface area contributed by atoms with Gasteiger partial charge in [-0.1, -0.05) is 17.4 Å². The van der Waals surface area contributed by atoms with Gasteiger partial charge in [0.1, 0.15) is 9.96 Å². The molecule has 0 spiro atoms. The molecule has 0 aliphatic rings. The van der Waals surface area contributed by atoms with E-state index in [2.05, 4.69) is 10.3 Å². The summed E-state index contributed by atoms with van der Waals surface area (Å²) in [5.74, 6) is -0.342. The summed E-state index contributed by atoms with van der Waals surface area (Å²) in [7, 11) is -1.11. The van der Waals surface area contributed by atoms with E-state index in [9.17, 15) is 14.1 Å². The highest BCUT2D eigenvalue weighted by atomic mass is 32.2. The molecule has 18 heavy (non-hydrogen) atoms. The van der Waals surface area contributed by atoms with Gasteiger partial charge in [0.25, 0.3) is 5.91 Å². The van der Waals surface area contributed by atoms with Crippen molar-refractivity contribution in [2.24, 2.45) is 0 Å². The third-order valence-electron chi connectivity index (χ3n) is 2.10. The monoisotopic (exact) mass is 282 g/mol. The lowest BCUT2D eigenvalue weighted by atomic mass is 10.2. The number of nitrogens with one attached hydrogen (secondary N) is 1. The number of nitrogens with zero attached hydrogens (tertiary/aromatic N) is 1. The number of hydrogen-bond donors (Lipinski definition) is 2. The second kappa shape index (κ2) is 5.28. The fourth-order valence-electron chi connectivity index (χ4n) is 1.27. The van der Waals surface area contributed by atoms with Crippen LogP contribution in [-0.4, -0.2) is 26.5 Å². The van der Waals surface area contributed by atoms with Crippen LogP contribution in [0, 0.1) is 0 Å². The minimum atomic E-state index is -1.11. The molecular weight excluding hydrogens is 272 g/mol. The van der Waals surface area contributed by atoms with Gasteiger partial charge in [0, 0.05) is 11.8 Å². The number of aromatic nitrogens is 1. The van der Waals surface area contributed by atoms with Crippen LogP contribution >= 0.6 is 11.3 Å². The smallest absolute Gasteiger partial charge is 0.257 e. The number of thiazole rings is 1. The minimum Gasteiger partial charge on any atom is -0.508 e. The van der Waals surface area contributed by atoms with Gasteiger partial charge in [0.05, 0.1) is 17.0 Å². The second-order valence-electron chi connectivity index (χ2n) is 3.44. The number of anilines is 1. The molecular formula is C11H10N2O3S2. The molecule has 1 aromatic carbocycles. The number of phenols is 1. The lowest BCUT2D eigenvalue weighted by Crippen LogP contribution is -2.11. The summed E-state index contributed by atoms with van der Waals surface area (Å²) in [6.07, 6.45) is 3.02.